The molecule has 28 heavy (non-hydrogen) atoms. The third-order valence-electron chi connectivity index (χ3n) is 3.48. The van der Waals surface area contributed by atoms with Crippen LogP contribution in [0, 0.1) is 5.82 Å². The van der Waals surface area contributed by atoms with Crippen molar-refractivity contribution in [1.82, 2.24) is 10.3 Å². The van der Waals surface area contributed by atoms with Crippen LogP contribution in [-0.2, 0) is 9.53 Å². The molecule has 1 amide bonds. The first-order valence-corrected chi connectivity index (χ1v) is 8.18. The van der Waals surface area contributed by atoms with Crippen molar-refractivity contribution < 1.29 is 31.9 Å². The van der Waals surface area contributed by atoms with E-state index in [1.807, 2.05) is 5.32 Å². The molecule has 0 aliphatic carbocycles. The molecule has 11 heteroatoms. The molecule has 1 heterocycles. The summed E-state index contributed by atoms with van der Waals surface area (Å²) in [4.78, 5) is 28.3. The van der Waals surface area contributed by atoms with Gasteiger partial charge in [0.25, 0.3) is 5.91 Å². The Morgan fingerprint density at radius 1 is 1.25 bits per heavy atom. The number of pyridine rings is 1. The van der Waals surface area contributed by atoms with Crippen molar-refractivity contribution >= 4 is 29.2 Å². The normalized spacial score (nSPS) is 13.4. The van der Waals surface area contributed by atoms with Crippen molar-refractivity contribution in [3.63, 3.8) is 0 Å². The molecule has 0 spiro atoms. The SMILES string of the molecule is CCOC(=O)C(NC(=O)c1cccnc1)(Nc1ccc(F)c(Cl)c1)C(F)(F)F. The Hall–Kier alpha value is -2.88. The van der Waals surface area contributed by atoms with Gasteiger partial charge in [0.15, 0.2) is 0 Å². The van der Waals surface area contributed by atoms with Crippen LogP contribution in [-0.4, -0.2) is 35.3 Å². The van der Waals surface area contributed by atoms with Gasteiger partial charge in [0, 0.05) is 18.1 Å². The number of carbonyl (C=O) groups is 2. The summed E-state index contributed by atoms with van der Waals surface area (Å²) >= 11 is 5.59. The molecule has 150 valence electrons. The first-order valence-electron chi connectivity index (χ1n) is 7.80. The second kappa shape index (κ2) is 8.42. The van der Waals surface area contributed by atoms with E-state index in [1.54, 1.807) is 5.32 Å². The maximum absolute atomic E-state index is 14.0. The first kappa shape index (κ1) is 21.4. The van der Waals surface area contributed by atoms with Gasteiger partial charge in [-0.3, -0.25) is 9.78 Å². The maximum Gasteiger partial charge on any atom is 0.441 e. The highest BCUT2D eigenvalue weighted by Crippen LogP contribution is 2.34. The molecule has 0 fully saturated rings. The van der Waals surface area contributed by atoms with Crippen LogP contribution < -0.4 is 10.6 Å². The number of amides is 1. The number of carbonyl (C=O) groups excluding carboxylic acids is 2. The lowest BCUT2D eigenvalue weighted by atomic mass is 10.1. The van der Waals surface area contributed by atoms with E-state index in [0.29, 0.717) is 0 Å². The minimum absolute atomic E-state index is 0.223. The van der Waals surface area contributed by atoms with E-state index >= 15 is 0 Å². The van der Waals surface area contributed by atoms with Crippen molar-refractivity contribution in [3.8, 4) is 0 Å². The number of esters is 1. The molecule has 0 saturated carbocycles. The van der Waals surface area contributed by atoms with Gasteiger partial charge in [-0.2, -0.15) is 13.2 Å². The van der Waals surface area contributed by atoms with Crippen molar-refractivity contribution in [2.45, 2.75) is 18.8 Å². The Morgan fingerprint density at radius 3 is 2.50 bits per heavy atom. The Kier molecular flexibility index (Phi) is 6.45. The monoisotopic (exact) mass is 419 g/mol. The van der Waals surface area contributed by atoms with Crippen LogP contribution in [0.2, 0.25) is 5.02 Å². The van der Waals surface area contributed by atoms with Crippen molar-refractivity contribution in [1.29, 1.82) is 0 Å². The third kappa shape index (κ3) is 4.50. The van der Waals surface area contributed by atoms with E-state index in [0.717, 1.165) is 24.4 Å². The van der Waals surface area contributed by atoms with E-state index in [4.69, 9.17) is 11.6 Å². The highest BCUT2D eigenvalue weighted by Gasteiger charge is 2.63. The lowest BCUT2D eigenvalue weighted by molar-refractivity contribution is -0.204. The topological polar surface area (TPSA) is 80.3 Å². The van der Waals surface area contributed by atoms with Crippen molar-refractivity contribution in [3.05, 3.63) is 59.1 Å². The summed E-state index contributed by atoms with van der Waals surface area (Å²) < 4.78 is 59.8. The minimum atomic E-state index is -5.34. The number of hydrogen-bond acceptors (Lipinski definition) is 5. The minimum Gasteiger partial charge on any atom is -0.463 e. The highest BCUT2D eigenvalue weighted by molar-refractivity contribution is 6.31. The lowest BCUT2D eigenvalue weighted by Gasteiger charge is -2.35. The summed E-state index contributed by atoms with van der Waals surface area (Å²) in [7, 11) is 0. The molecule has 1 aromatic carbocycles. The summed E-state index contributed by atoms with van der Waals surface area (Å²) in [5.41, 5.74) is -4.25. The second-order valence-electron chi connectivity index (χ2n) is 5.42. The number of rotatable bonds is 6. The van der Waals surface area contributed by atoms with Crippen LogP contribution in [0.25, 0.3) is 0 Å². The van der Waals surface area contributed by atoms with E-state index in [1.165, 1.54) is 25.3 Å². The maximum atomic E-state index is 14.0. The van der Waals surface area contributed by atoms with Crippen LogP contribution in [0.15, 0.2) is 42.7 Å². The van der Waals surface area contributed by atoms with Crippen LogP contribution >= 0.6 is 11.6 Å². The van der Waals surface area contributed by atoms with E-state index < -0.39 is 34.6 Å². The fourth-order valence-corrected chi connectivity index (χ4v) is 2.34. The van der Waals surface area contributed by atoms with E-state index in [2.05, 4.69) is 9.72 Å². The summed E-state index contributed by atoms with van der Waals surface area (Å²) in [6.07, 6.45) is -2.99. The van der Waals surface area contributed by atoms with Gasteiger partial charge in [0.1, 0.15) is 5.82 Å². The summed E-state index contributed by atoms with van der Waals surface area (Å²) in [6, 6.07) is 5.12. The summed E-state index contributed by atoms with van der Waals surface area (Å²) in [6.45, 7) is 0.919. The molecule has 2 rings (SSSR count). The second-order valence-corrected chi connectivity index (χ2v) is 5.83. The van der Waals surface area contributed by atoms with E-state index in [9.17, 15) is 27.2 Å². The molecule has 2 aromatic rings. The molecule has 0 radical (unpaired) electrons. The van der Waals surface area contributed by atoms with Crippen LogP contribution in [0.5, 0.6) is 0 Å². The van der Waals surface area contributed by atoms with Gasteiger partial charge in [-0.15, -0.1) is 0 Å². The first-order chi connectivity index (χ1) is 13.1. The number of ether oxygens (including phenoxy) is 1. The Morgan fingerprint density at radius 2 is 1.96 bits per heavy atom. The van der Waals surface area contributed by atoms with Gasteiger partial charge in [-0.1, -0.05) is 11.6 Å². The Labute approximate surface area is 161 Å². The van der Waals surface area contributed by atoms with E-state index in [-0.39, 0.29) is 17.9 Å². The number of alkyl halides is 3. The van der Waals surface area contributed by atoms with Gasteiger partial charge >= 0.3 is 17.8 Å². The third-order valence-corrected chi connectivity index (χ3v) is 3.77. The number of halogens is 5. The quantitative estimate of drug-likeness (QED) is 0.425. The zero-order chi connectivity index (χ0) is 20.9. The van der Waals surface area contributed by atoms with Gasteiger partial charge in [0.05, 0.1) is 17.2 Å². The Balaban J connectivity index is 2.52. The number of nitrogens with one attached hydrogen (secondary N) is 2. The number of aromatic nitrogens is 1. The molecule has 1 unspecified atom stereocenters. The summed E-state index contributed by atoms with van der Waals surface area (Å²) in [5, 5.41) is 3.03. The molecule has 1 aromatic heterocycles. The predicted octanol–water partition coefficient (Wildman–Crippen LogP) is 3.54. The van der Waals surface area contributed by atoms with Crippen LogP contribution in [0.4, 0.5) is 23.2 Å². The van der Waals surface area contributed by atoms with Crippen molar-refractivity contribution in [2.24, 2.45) is 0 Å². The molecule has 0 saturated heterocycles. The van der Waals surface area contributed by atoms with Gasteiger partial charge in [-0.25, -0.2) is 9.18 Å². The number of anilines is 1. The predicted molar refractivity (Wildman–Crippen MR) is 92.2 cm³/mol. The van der Waals surface area contributed by atoms with Gasteiger partial charge in [0.2, 0.25) is 0 Å². The zero-order valence-electron chi connectivity index (χ0n) is 14.3. The summed E-state index contributed by atoms with van der Waals surface area (Å²) in [5.74, 6) is -3.92. The number of hydrogen-bond donors (Lipinski definition) is 2. The molecule has 6 nitrogen and oxygen atoms in total. The molecular formula is C17H14ClF4N3O3. The Bertz CT molecular complexity index is 864. The molecule has 1 atom stereocenters. The number of nitrogens with zero attached hydrogens (tertiary/aromatic N) is 1. The van der Waals surface area contributed by atoms with Crippen LogP contribution in [0.1, 0.15) is 17.3 Å². The standard InChI is InChI=1S/C17H14ClF4N3O3/c1-2-28-15(27)16(17(20,21)22,24-11-5-6-13(19)12(18)8-11)25-14(26)10-4-3-7-23-9-10/h3-9,24H,2H2,1H3,(H,25,26). The van der Waals surface area contributed by atoms with Gasteiger partial charge in [-0.05, 0) is 37.3 Å². The molecule has 0 aliphatic heterocycles. The van der Waals surface area contributed by atoms with Crippen molar-refractivity contribution in [2.75, 3.05) is 11.9 Å². The van der Waals surface area contributed by atoms with Crippen LogP contribution in [0.3, 0.4) is 0 Å². The molecular weight excluding hydrogens is 406 g/mol. The molecule has 0 aliphatic rings. The number of benzene rings is 1. The average molecular weight is 420 g/mol. The smallest absolute Gasteiger partial charge is 0.441 e. The van der Waals surface area contributed by atoms with Gasteiger partial charge < -0.3 is 15.4 Å². The fourth-order valence-electron chi connectivity index (χ4n) is 2.16. The highest BCUT2D eigenvalue weighted by atomic mass is 35.5. The molecule has 0 bridgehead atoms. The fraction of sp³-hybridized carbons (Fsp3) is 0.235. The zero-order valence-corrected chi connectivity index (χ0v) is 15.1. The lowest BCUT2D eigenvalue weighted by Crippen LogP contribution is -2.69. The average Bonchev–Trinajstić information content (AvgIpc) is 2.64. The molecule has 2 N–H and O–H groups in total. The largest absolute Gasteiger partial charge is 0.463 e.